The molecule has 0 radical (unpaired) electrons. The molecule has 0 aliphatic rings. The van der Waals surface area contributed by atoms with Crippen molar-refractivity contribution in [2.75, 3.05) is 6.61 Å². The van der Waals surface area contributed by atoms with Crippen molar-refractivity contribution in [3.05, 3.63) is 24.5 Å². The van der Waals surface area contributed by atoms with E-state index in [-0.39, 0.29) is 12.0 Å². The molecule has 88 valence electrons. The largest absolute Gasteiger partial charge is 0.465 e. The molecule has 0 spiro atoms. The van der Waals surface area contributed by atoms with Crippen molar-refractivity contribution < 1.29 is 9.53 Å². The summed E-state index contributed by atoms with van der Waals surface area (Å²) in [5, 5.41) is 7.09. The molecule has 0 fully saturated rings. The highest BCUT2D eigenvalue weighted by molar-refractivity contribution is 5.75. The molecule has 1 atom stereocenters. The summed E-state index contributed by atoms with van der Waals surface area (Å²) in [6.07, 6.45) is 5.18. The van der Waals surface area contributed by atoms with Crippen LogP contribution in [0.4, 0.5) is 0 Å². The maximum absolute atomic E-state index is 11.3. The zero-order valence-electron chi connectivity index (χ0n) is 9.64. The molecular weight excluding hydrogens is 206 g/mol. The van der Waals surface area contributed by atoms with Gasteiger partial charge in [0.15, 0.2) is 0 Å². The first-order chi connectivity index (χ1) is 7.67. The molecule has 5 nitrogen and oxygen atoms in total. The lowest BCUT2D eigenvalue weighted by molar-refractivity contribution is -0.145. The fourth-order valence-electron chi connectivity index (χ4n) is 1.19. The Morgan fingerprint density at radius 3 is 3.12 bits per heavy atom. The molecule has 1 aromatic rings. The zero-order chi connectivity index (χ0) is 12.0. The Morgan fingerprint density at radius 2 is 2.56 bits per heavy atom. The standard InChI is InChI=1S/C11H17N3O2/c1-4-14-8-10(7-13-14)6-12-9(3)11(15)16-5-2/h4,7-9,12H,1,5-6H2,2-3H3. The van der Waals surface area contributed by atoms with Crippen molar-refractivity contribution in [3.8, 4) is 0 Å². The summed E-state index contributed by atoms with van der Waals surface area (Å²) in [6, 6.07) is -0.313. The van der Waals surface area contributed by atoms with Crippen LogP contribution < -0.4 is 5.32 Å². The quantitative estimate of drug-likeness (QED) is 0.732. The Balaban J connectivity index is 2.39. The molecule has 16 heavy (non-hydrogen) atoms. The lowest BCUT2D eigenvalue weighted by atomic mass is 10.3. The van der Waals surface area contributed by atoms with Crippen molar-refractivity contribution in [2.45, 2.75) is 26.4 Å². The van der Waals surface area contributed by atoms with Crippen LogP contribution in [0.15, 0.2) is 19.0 Å². The van der Waals surface area contributed by atoms with Crippen LogP contribution in [0.2, 0.25) is 0 Å². The van der Waals surface area contributed by atoms with Gasteiger partial charge in [-0.1, -0.05) is 6.58 Å². The maximum Gasteiger partial charge on any atom is 0.322 e. The predicted octanol–water partition coefficient (Wildman–Crippen LogP) is 1.02. The number of nitrogens with zero attached hydrogens (tertiary/aromatic N) is 2. The summed E-state index contributed by atoms with van der Waals surface area (Å²) >= 11 is 0. The molecule has 1 heterocycles. The van der Waals surface area contributed by atoms with E-state index in [1.807, 2.05) is 6.20 Å². The van der Waals surface area contributed by atoms with E-state index in [4.69, 9.17) is 4.74 Å². The van der Waals surface area contributed by atoms with E-state index < -0.39 is 0 Å². The van der Waals surface area contributed by atoms with Crippen molar-refractivity contribution in [1.29, 1.82) is 0 Å². The number of hydrogen-bond donors (Lipinski definition) is 1. The lowest BCUT2D eigenvalue weighted by Crippen LogP contribution is -2.34. The summed E-state index contributed by atoms with van der Waals surface area (Å²) in [6.45, 7) is 8.14. The minimum Gasteiger partial charge on any atom is -0.465 e. The van der Waals surface area contributed by atoms with Gasteiger partial charge in [0.25, 0.3) is 0 Å². The average Bonchev–Trinajstić information content (AvgIpc) is 2.74. The Kier molecular flexibility index (Phi) is 4.72. The molecule has 0 aliphatic heterocycles. The first-order valence-corrected chi connectivity index (χ1v) is 5.23. The van der Waals surface area contributed by atoms with Gasteiger partial charge in [0.1, 0.15) is 6.04 Å². The van der Waals surface area contributed by atoms with Gasteiger partial charge >= 0.3 is 5.97 Å². The van der Waals surface area contributed by atoms with E-state index in [0.717, 1.165) is 5.56 Å². The van der Waals surface area contributed by atoms with Gasteiger partial charge in [-0.05, 0) is 13.8 Å². The molecule has 1 aromatic heterocycles. The summed E-state index contributed by atoms with van der Waals surface area (Å²) in [7, 11) is 0. The van der Waals surface area contributed by atoms with Gasteiger partial charge in [0.05, 0.1) is 12.8 Å². The van der Waals surface area contributed by atoms with Crippen LogP contribution in [0, 0.1) is 0 Å². The highest BCUT2D eigenvalue weighted by atomic mass is 16.5. The molecule has 1 rings (SSSR count). The van der Waals surface area contributed by atoms with E-state index in [1.54, 1.807) is 30.9 Å². The molecule has 0 saturated carbocycles. The minimum atomic E-state index is -0.313. The Labute approximate surface area is 95.1 Å². The minimum absolute atomic E-state index is 0.237. The van der Waals surface area contributed by atoms with Crippen molar-refractivity contribution in [3.63, 3.8) is 0 Å². The second kappa shape index (κ2) is 6.07. The van der Waals surface area contributed by atoms with Gasteiger partial charge in [-0.2, -0.15) is 5.10 Å². The van der Waals surface area contributed by atoms with Crippen molar-refractivity contribution in [1.82, 2.24) is 15.1 Å². The van der Waals surface area contributed by atoms with E-state index in [1.165, 1.54) is 0 Å². The summed E-state index contributed by atoms with van der Waals surface area (Å²) in [5.41, 5.74) is 0.996. The molecule has 0 aromatic carbocycles. The van der Waals surface area contributed by atoms with Gasteiger partial charge in [0, 0.05) is 24.5 Å². The molecule has 0 bridgehead atoms. The second-order valence-corrected chi connectivity index (χ2v) is 3.37. The number of hydrogen-bond acceptors (Lipinski definition) is 4. The van der Waals surface area contributed by atoms with Crippen molar-refractivity contribution >= 4 is 12.2 Å². The van der Waals surface area contributed by atoms with Crippen LogP contribution in [0.5, 0.6) is 0 Å². The predicted molar refractivity (Wildman–Crippen MR) is 61.5 cm³/mol. The fourth-order valence-corrected chi connectivity index (χ4v) is 1.19. The van der Waals surface area contributed by atoms with Crippen molar-refractivity contribution in [2.24, 2.45) is 0 Å². The summed E-state index contributed by atoms with van der Waals surface area (Å²) in [5.74, 6) is -0.237. The molecule has 1 N–H and O–H groups in total. The van der Waals surface area contributed by atoms with Crippen LogP contribution in [-0.2, 0) is 16.1 Å². The van der Waals surface area contributed by atoms with Crippen LogP contribution in [0.25, 0.3) is 6.20 Å². The van der Waals surface area contributed by atoms with E-state index in [9.17, 15) is 4.79 Å². The molecule has 0 aliphatic carbocycles. The van der Waals surface area contributed by atoms with Crippen LogP contribution in [0.1, 0.15) is 19.4 Å². The number of ether oxygens (including phenoxy) is 1. The van der Waals surface area contributed by atoms with E-state index in [0.29, 0.717) is 13.2 Å². The highest BCUT2D eigenvalue weighted by Gasteiger charge is 2.12. The monoisotopic (exact) mass is 223 g/mol. The highest BCUT2D eigenvalue weighted by Crippen LogP contribution is 1.98. The maximum atomic E-state index is 11.3. The van der Waals surface area contributed by atoms with Gasteiger partial charge in [-0.3, -0.25) is 4.79 Å². The zero-order valence-corrected chi connectivity index (χ0v) is 9.64. The van der Waals surface area contributed by atoms with E-state index in [2.05, 4.69) is 17.0 Å². The molecule has 0 amide bonds. The summed E-state index contributed by atoms with van der Waals surface area (Å²) < 4.78 is 6.50. The van der Waals surface area contributed by atoms with Gasteiger partial charge < -0.3 is 10.1 Å². The normalized spacial score (nSPS) is 12.1. The molecule has 5 heteroatoms. The number of aromatic nitrogens is 2. The average molecular weight is 223 g/mol. The van der Waals surface area contributed by atoms with Gasteiger partial charge in [-0.25, -0.2) is 4.68 Å². The number of carbonyl (C=O) groups is 1. The Morgan fingerprint density at radius 1 is 1.81 bits per heavy atom. The van der Waals surface area contributed by atoms with Crippen LogP contribution in [-0.4, -0.2) is 28.4 Å². The number of carbonyl (C=O) groups excluding carboxylic acids is 1. The van der Waals surface area contributed by atoms with Gasteiger partial charge in [0.2, 0.25) is 0 Å². The molecule has 1 unspecified atom stereocenters. The van der Waals surface area contributed by atoms with E-state index >= 15 is 0 Å². The molecular formula is C11H17N3O2. The number of esters is 1. The third kappa shape index (κ3) is 3.51. The number of nitrogens with one attached hydrogen (secondary N) is 1. The third-order valence-electron chi connectivity index (χ3n) is 2.09. The topological polar surface area (TPSA) is 56.2 Å². The van der Waals surface area contributed by atoms with Crippen LogP contribution >= 0.6 is 0 Å². The Bertz CT molecular complexity index is 360. The second-order valence-electron chi connectivity index (χ2n) is 3.37. The Hall–Kier alpha value is -1.62. The number of rotatable bonds is 6. The first kappa shape index (κ1) is 12.4. The van der Waals surface area contributed by atoms with Gasteiger partial charge in [-0.15, -0.1) is 0 Å². The first-order valence-electron chi connectivity index (χ1n) is 5.23. The fraction of sp³-hybridized carbons (Fsp3) is 0.455. The SMILES string of the molecule is C=Cn1cc(CNC(C)C(=O)OCC)cn1. The smallest absolute Gasteiger partial charge is 0.322 e. The summed E-state index contributed by atoms with van der Waals surface area (Å²) in [4.78, 5) is 11.3. The molecule has 0 saturated heterocycles. The third-order valence-corrected chi connectivity index (χ3v) is 2.09. The van der Waals surface area contributed by atoms with Crippen LogP contribution in [0.3, 0.4) is 0 Å². The lowest BCUT2D eigenvalue weighted by Gasteiger charge is -2.11.